The average Bonchev–Trinajstić information content (AvgIpc) is 2.99. The van der Waals surface area contributed by atoms with Crippen molar-refractivity contribution in [2.45, 2.75) is 12.6 Å². The van der Waals surface area contributed by atoms with Crippen molar-refractivity contribution < 1.29 is 18.0 Å². The van der Waals surface area contributed by atoms with Crippen LogP contribution in [0.25, 0.3) is 11.1 Å². The van der Waals surface area contributed by atoms with Crippen molar-refractivity contribution in [3.63, 3.8) is 0 Å². The van der Waals surface area contributed by atoms with E-state index in [1.165, 1.54) is 23.3 Å². The zero-order chi connectivity index (χ0) is 19.0. The molecule has 0 saturated heterocycles. The van der Waals surface area contributed by atoms with Crippen LogP contribution < -0.4 is 10.6 Å². The predicted octanol–water partition coefficient (Wildman–Crippen LogP) is 5.92. The third-order valence-electron chi connectivity index (χ3n) is 4.52. The fraction of sp³-hybridized carbons (Fsp3) is 0.0952. The molecule has 27 heavy (non-hydrogen) atoms. The summed E-state index contributed by atoms with van der Waals surface area (Å²) in [6.45, 7) is 0. The van der Waals surface area contributed by atoms with Crippen LogP contribution in [0.5, 0.6) is 0 Å². The highest BCUT2D eigenvalue weighted by Gasteiger charge is 2.30. The van der Waals surface area contributed by atoms with Gasteiger partial charge in [0.05, 0.1) is 5.56 Å². The number of hydrogen-bond donors (Lipinski definition) is 2. The summed E-state index contributed by atoms with van der Waals surface area (Å²) >= 11 is 0. The Morgan fingerprint density at radius 2 is 1.41 bits per heavy atom. The summed E-state index contributed by atoms with van der Waals surface area (Å²) < 4.78 is 37.7. The lowest BCUT2D eigenvalue weighted by molar-refractivity contribution is -0.137. The van der Waals surface area contributed by atoms with Gasteiger partial charge in [0.1, 0.15) is 0 Å². The van der Waals surface area contributed by atoms with Gasteiger partial charge in [0.15, 0.2) is 0 Å². The van der Waals surface area contributed by atoms with Crippen LogP contribution in [0.2, 0.25) is 0 Å². The second-order valence-electron chi connectivity index (χ2n) is 6.36. The number of fused-ring (bicyclic) bond motifs is 3. The standard InChI is InChI=1S/C21H15F3N2O/c22-21(23,24)15-5-7-16(8-6-15)25-20(27)26-17-9-10-19-14(12-17)11-13-3-1-2-4-18(13)19/h1-10,12H,11H2,(H2,25,26,27). The zero-order valence-electron chi connectivity index (χ0n) is 14.1. The minimum Gasteiger partial charge on any atom is -0.308 e. The molecule has 1 aliphatic rings. The summed E-state index contributed by atoms with van der Waals surface area (Å²) in [6, 6.07) is 17.7. The second kappa shape index (κ2) is 6.46. The first-order valence-corrected chi connectivity index (χ1v) is 8.36. The highest BCUT2D eigenvalue weighted by atomic mass is 19.4. The molecule has 0 fully saturated rings. The molecule has 0 radical (unpaired) electrons. The van der Waals surface area contributed by atoms with Crippen molar-refractivity contribution in [2.75, 3.05) is 10.6 Å². The molecular formula is C21H15F3N2O. The van der Waals surface area contributed by atoms with Crippen LogP contribution in [0, 0.1) is 0 Å². The molecule has 0 aromatic heterocycles. The third kappa shape index (κ3) is 3.51. The van der Waals surface area contributed by atoms with Gasteiger partial charge in [0.2, 0.25) is 0 Å². The minimum absolute atomic E-state index is 0.286. The first-order valence-electron chi connectivity index (χ1n) is 8.36. The number of carbonyl (C=O) groups excluding carboxylic acids is 1. The highest BCUT2D eigenvalue weighted by molar-refractivity contribution is 6.00. The summed E-state index contributed by atoms with van der Waals surface area (Å²) in [5.74, 6) is 0. The van der Waals surface area contributed by atoms with Crippen molar-refractivity contribution in [1.82, 2.24) is 0 Å². The van der Waals surface area contributed by atoms with Crippen LogP contribution in [0.1, 0.15) is 16.7 Å². The van der Waals surface area contributed by atoms with E-state index in [0.717, 1.165) is 29.7 Å². The molecule has 0 atom stereocenters. The van der Waals surface area contributed by atoms with E-state index in [1.54, 1.807) is 0 Å². The monoisotopic (exact) mass is 368 g/mol. The molecule has 0 unspecified atom stereocenters. The molecule has 0 bridgehead atoms. The molecule has 0 spiro atoms. The molecule has 3 nitrogen and oxygen atoms in total. The largest absolute Gasteiger partial charge is 0.416 e. The van der Waals surface area contributed by atoms with Crippen molar-refractivity contribution in [3.05, 3.63) is 83.4 Å². The number of amides is 2. The Kier molecular flexibility index (Phi) is 4.11. The van der Waals surface area contributed by atoms with E-state index in [-0.39, 0.29) is 5.69 Å². The minimum atomic E-state index is -4.40. The van der Waals surface area contributed by atoms with E-state index < -0.39 is 17.8 Å². The van der Waals surface area contributed by atoms with Crippen LogP contribution >= 0.6 is 0 Å². The number of halogens is 3. The summed E-state index contributed by atoms with van der Waals surface area (Å²) in [4.78, 5) is 12.1. The van der Waals surface area contributed by atoms with Gasteiger partial charge >= 0.3 is 12.2 Å². The highest BCUT2D eigenvalue weighted by Crippen LogP contribution is 2.37. The van der Waals surface area contributed by atoms with Gasteiger partial charge in [-0.1, -0.05) is 30.3 Å². The Labute approximate surface area is 153 Å². The van der Waals surface area contributed by atoms with Crippen molar-refractivity contribution in [1.29, 1.82) is 0 Å². The fourth-order valence-corrected chi connectivity index (χ4v) is 3.26. The number of anilines is 2. The number of carbonyl (C=O) groups is 1. The van der Waals surface area contributed by atoms with Gasteiger partial charge in [-0.2, -0.15) is 13.2 Å². The predicted molar refractivity (Wildman–Crippen MR) is 98.8 cm³/mol. The molecule has 136 valence electrons. The van der Waals surface area contributed by atoms with E-state index in [1.807, 2.05) is 30.3 Å². The van der Waals surface area contributed by atoms with E-state index in [4.69, 9.17) is 0 Å². The molecule has 3 aromatic rings. The molecule has 2 amide bonds. The molecule has 4 rings (SSSR count). The Hall–Kier alpha value is -3.28. The van der Waals surface area contributed by atoms with Crippen LogP contribution in [0.4, 0.5) is 29.3 Å². The smallest absolute Gasteiger partial charge is 0.308 e. The molecule has 3 aromatic carbocycles. The molecule has 0 aliphatic heterocycles. The van der Waals surface area contributed by atoms with Crippen LogP contribution in [-0.4, -0.2) is 6.03 Å². The maximum absolute atomic E-state index is 12.6. The van der Waals surface area contributed by atoms with Crippen molar-refractivity contribution in [3.8, 4) is 11.1 Å². The van der Waals surface area contributed by atoms with Gasteiger partial charge in [-0.3, -0.25) is 0 Å². The van der Waals surface area contributed by atoms with Gasteiger partial charge in [0, 0.05) is 11.4 Å². The SMILES string of the molecule is O=C(Nc1ccc(C(F)(F)F)cc1)Nc1ccc2c(c1)Cc1ccccc1-2. The lowest BCUT2D eigenvalue weighted by Gasteiger charge is -2.11. The van der Waals surface area contributed by atoms with Gasteiger partial charge in [0.25, 0.3) is 0 Å². The van der Waals surface area contributed by atoms with Gasteiger partial charge in [-0.15, -0.1) is 0 Å². The quantitative estimate of drug-likeness (QED) is 0.453. The molecule has 1 aliphatic carbocycles. The Balaban J connectivity index is 1.44. The summed E-state index contributed by atoms with van der Waals surface area (Å²) in [6.07, 6.45) is -3.59. The molecular weight excluding hydrogens is 353 g/mol. The fourth-order valence-electron chi connectivity index (χ4n) is 3.26. The first-order chi connectivity index (χ1) is 12.9. The van der Waals surface area contributed by atoms with Crippen LogP contribution in [-0.2, 0) is 12.6 Å². The summed E-state index contributed by atoms with van der Waals surface area (Å²) in [5.41, 5.74) is 4.89. The van der Waals surface area contributed by atoms with E-state index >= 15 is 0 Å². The second-order valence-corrected chi connectivity index (χ2v) is 6.36. The van der Waals surface area contributed by atoms with E-state index in [0.29, 0.717) is 5.69 Å². The maximum atomic E-state index is 12.6. The first kappa shape index (κ1) is 17.1. The maximum Gasteiger partial charge on any atom is 0.416 e. The van der Waals surface area contributed by atoms with Gasteiger partial charge < -0.3 is 10.6 Å². The third-order valence-corrected chi connectivity index (χ3v) is 4.52. The summed E-state index contributed by atoms with van der Waals surface area (Å²) in [7, 11) is 0. The van der Waals surface area contributed by atoms with Gasteiger partial charge in [-0.25, -0.2) is 4.79 Å². The number of alkyl halides is 3. The molecule has 0 saturated carbocycles. The zero-order valence-corrected chi connectivity index (χ0v) is 14.1. The number of benzene rings is 3. The lowest BCUT2D eigenvalue weighted by atomic mass is 10.1. The number of rotatable bonds is 2. The molecule has 0 heterocycles. The van der Waals surface area contributed by atoms with Crippen LogP contribution in [0.3, 0.4) is 0 Å². The lowest BCUT2D eigenvalue weighted by Crippen LogP contribution is -2.19. The Bertz CT molecular complexity index is 1010. The van der Waals surface area contributed by atoms with E-state index in [9.17, 15) is 18.0 Å². The average molecular weight is 368 g/mol. The number of nitrogens with one attached hydrogen (secondary N) is 2. The summed E-state index contributed by atoms with van der Waals surface area (Å²) in [5, 5.41) is 5.26. The number of urea groups is 1. The van der Waals surface area contributed by atoms with Crippen LogP contribution in [0.15, 0.2) is 66.7 Å². The Morgan fingerprint density at radius 1 is 0.778 bits per heavy atom. The topological polar surface area (TPSA) is 41.1 Å². The van der Waals surface area contributed by atoms with Gasteiger partial charge in [-0.05, 0) is 65.1 Å². The van der Waals surface area contributed by atoms with Crippen molar-refractivity contribution in [2.24, 2.45) is 0 Å². The van der Waals surface area contributed by atoms with Crippen molar-refractivity contribution >= 4 is 17.4 Å². The normalized spacial score (nSPS) is 12.3. The van der Waals surface area contributed by atoms with E-state index in [2.05, 4.69) is 22.8 Å². The Morgan fingerprint density at radius 3 is 2.15 bits per heavy atom. The molecule has 2 N–H and O–H groups in total. The number of hydrogen-bond acceptors (Lipinski definition) is 1. The molecule has 6 heteroatoms.